The number of aromatic amines is 1. The van der Waals surface area contributed by atoms with Gasteiger partial charge in [-0.15, -0.1) is 0 Å². The summed E-state index contributed by atoms with van der Waals surface area (Å²) < 4.78 is 1.96. The molecule has 168 valence electrons. The molecule has 3 N–H and O–H groups in total. The standard InChI is InChI=1S/C24H26N8O/c1-14-7-19(8-15(2)16(14)3)31-11-20(27-13-31)28-23-21-17(9-25)10-26-22(21)29-24(30-23)32-6-4-5-18(32)12-33/h7-8,10-11,13,18,33H,4-6,12H2,1-3H3,(H2,26,28,29,30)/t18-/m0/s1. The number of aryl methyl sites for hydroxylation is 2. The summed E-state index contributed by atoms with van der Waals surface area (Å²) >= 11 is 0. The lowest BCUT2D eigenvalue weighted by atomic mass is 10.0. The molecule has 9 nitrogen and oxygen atoms in total. The zero-order chi connectivity index (χ0) is 23.1. The Bertz CT molecular complexity index is 1360. The number of aliphatic hydroxyl groups is 1. The number of aromatic nitrogens is 5. The fourth-order valence-electron chi connectivity index (χ4n) is 4.43. The molecule has 0 unspecified atom stereocenters. The highest BCUT2D eigenvalue weighted by Gasteiger charge is 2.27. The van der Waals surface area contributed by atoms with Crippen LogP contribution in [-0.4, -0.2) is 48.8 Å². The lowest BCUT2D eigenvalue weighted by Gasteiger charge is -2.23. The van der Waals surface area contributed by atoms with Crippen LogP contribution < -0.4 is 10.2 Å². The number of rotatable bonds is 5. The number of fused-ring (bicyclic) bond motifs is 1. The van der Waals surface area contributed by atoms with Gasteiger partial charge in [-0.3, -0.25) is 0 Å². The minimum absolute atomic E-state index is 0.00655. The molecule has 0 bridgehead atoms. The number of benzene rings is 1. The van der Waals surface area contributed by atoms with E-state index in [1.54, 1.807) is 12.5 Å². The van der Waals surface area contributed by atoms with E-state index in [9.17, 15) is 10.4 Å². The quantitative estimate of drug-likeness (QED) is 0.432. The van der Waals surface area contributed by atoms with Gasteiger partial charge in [0.15, 0.2) is 0 Å². The van der Waals surface area contributed by atoms with Crippen molar-refractivity contribution in [1.82, 2.24) is 24.5 Å². The van der Waals surface area contributed by atoms with Crippen LogP contribution >= 0.6 is 0 Å². The highest BCUT2D eigenvalue weighted by Crippen LogP contribution is 2.31. The van der Waals surface area contributed by atoms with Gasteiger partial charge in [0.1, 0.15) is 29.7 Å². The zero-order valence-electron chi connectivity index (χ0n) is 18.9. The topological polar surface area (TPSA) is 119 Å². The summed E-state index contributed by atoms with van der Waals surface area (Å²) in [5.74, 6) is 1.65. The Morgan fingerprint density at radius 2 is 2.03 bits per heavy atom. The van der Waals surface area contributed by atoms with Gasteiger partial charge in [0.25, 0.3) is 0 Å². The Hall–Kier alpha value is -3.90. The molecular weight excluding hydrogens is 416 g/mol. The first-order valence-electron chi connectivity index (χ1n) is 11.0. The second-order valence-electron chi connectivity index (χ2n) is 8.58. The van der Waals surface area contributed by atoms with Crippen molar-refractivity contribution in [3.8, 4) is 11.8 Å². The number of nitrogens with zero attached hydrogens (tertiary/aromatic N) is 6. The van der Waals surface area contributed by atoms with E-state index in [0.717, 1.165) is 25.1 Å². The molecule has 0 spiro atoms. The Balaban J connectivity index is 1.54. The summed E-state index contributed by atoms with van der Waals surface area (Å²) in [5.41, 5.74) is 5.81. The van der Waals surface area contributed by atoms with E-state index in [-0.39, 0.29) is 12.6 Å². The molecular formula is C24H26N8O. The lowest BCUT2D eigenvalue weighted by Crippen LogP contribution is -2.33. The summed E-state index contributed by atoms with van der Waals surface area (Å²) in [6.07, 6.45) is 7.17. The molecule has 0 aliphatic carbocycles. The molecule has 4 heterocycles. The predicted molar refractivity (Wildman–Crippen MR) is 127 cm³/mol. The van der Waals surface area contributed by atoms with Crippen LogP contribution in [0.15, 0.2) is 30.9 Å². The van der Waals surface area contributed by atoms with E-state index >= 15 is 0 Å². The number of H-pyrrole nitrogens is 1. The smallest absolute Gasteiger partial charge is 0.229 e. The van der Waals surface area contributed by atoms with Crippen LogP contribution in [0.25, 0.3) is 16.7 Å². The second-order valence-corrected chi connectivity index (χ2v) is 8.58. The molecule has 1 saturated heterocycles. The molecule has 1 atom stereocenters. The second kappa shape index (κ2) is 8.22. The Labute approximate surface area is 191 Å². The fourth-order valence-corrected chi connectivity index (χ4v) is 4.43. The van der Waals surface area contributed by atoms with E-state index in [4.69, 9.17) is 4.98 Å². The average molecular weight is 443 g/mol. The third kappa shape index (κ3) is 3.68. The molecule has 9 heteroatoms. The predicted octanol–water partition coefficient (Wildman–Crippen LogP) is 3.65. The van der Waals surface area contributed by atoms with E-state index in [2.05, 4.69) is 59.2 Å². The van der Waals surface area contributed by atoms with Gasteiger partial charge in [0.2, 0.25) is 5.95 Å². The van der Waals surface area contributed by atoms with Crippen molar-refractivity contribution in [1.29, 1.82) is 5.26 Å². The van der Waals surface area contributed by atoms with E-state index in [1.165, 1.54) is 16.7 Å². The summed E-state index contributed by atoms with van der Waals surface area (Å²) in [4.78, 5) is 19.0. The van der Waals surface area contributed by atoms with Crippen LogP contribution in [0.4, 0.5) is 17.6 Å². The van der Waals surface area contributed by atoms with E-state index in [0.29, 0.717) is 34.2 Å². The van der Waals surface area contributed by atoms with Crippen molar-refractivity contribution in [3.05, 3.63) is 53.1 Å². The van der Waals surface area contributed by atoms with Gasteiger partial charge in [-0.25, -0.2) is 4.98 Å². The molecule has 1 aromatic carbocycles. The fraction of sp³-hybridized carbons (Fsp3) is 0.333. The maximum atomic E-state index is 9.75. The zero-order valence-corrected chi connectivity index (χ0v) is 18.9. The molecule has 33 heavy (non-hydrogen) atoms. The van der Waals surface area contributed by atoms with Gasteiger partial charge in [-0.1, -0.05) is 0 Å². The summed E-state index contributed by atoms with van der Waals surface area (Å²) in [6, 6.07) is 6.47. The molecule has 0 saturated carbocycles. The SMILES string of the molecule is Cc1cc(-n2cnc(Nc3nc(N4CCC[C@H]4CO)nc4[nH]cc(C#N)c34)c2)cc(C)c1C. The van der Waals surface area contributed by atoms with Gasteiger partial charge in [-0.05, 0) is 62.4 Å². The van der Waals surface area contributed by atoms with Crippen molar-refractivity contribution >= 4 is 28.6 Å². The molecule has 4 aromatic rings. The largest absolute Gasteiger partial charge is 0.394 e. The van der Waals surface area contributed by atoms with E-state index in [1.807, 2.05) is 15.7 Å². The number of anilines is 3. The average Bonchev–Trinajstić information content (AvgIpc) is 3.55. The van der Waals surface area contributed by atoms with Crippen LogP contribution in [0.3, 0.4) is 0 Å². The molecule has 0 radical (unpaired) electrons. The van der Waals surface area contributed by atoms with Crippen LogP contribution in [0, 0.1) is 32.1 Å². The molecule has 1 aliphatic rings. The maximum Gasteiger partial charge on any atom is 0.229 e. The van der Waals surface area contributed by atoms with Crippen molar-refractivity contribution in [2.75, 3.05) is 23.4 Å². The normalized spacial score (nSPS) is 15.8. The molecule has 0 amide bonds. The Kier molecular flexibility index (Phi) is 5.23. The van der Waals surface area contributed by atoms with Crippen LogP contribution in [-0.2, 0) is 0 Å². The number of hydrogen-bond acceptors (Lipinski definition) is 7. The van der Waals surface area contributed by atoms with Gasteiger partial charge in [0, 0.05) is 18.4 Å². The Morgan fingerprint density at radius 3 is 2.76 bits per heavy atom. The first kappa shape index (κ1) is 21.0. The third-order valence-corrected chi connectivity index (χ3v) is 6.52. The van der Waals surface area contributed by atoms with Crippen molar-refractivity contribution in [3.63, 3.8) is 0 Å². The first-order valence-corrected chi connectivity index (χ1v) is 11.0. The number of nitriles is 1. The van der Waals surface area contributed by atoms with Crippen LogP contribution in [0.5, 0.6) is 0 Å². The van der Waals surface area contributed by atoms with Crippen LogP contribution in [0.2, 0.25) is 0 Å². The number of nitrogens with one attached hydrogen (secondary N) is 2. The molecule has 5 rings (SSSR count). The lowest BCUT2D eigenvalue weighted by molar-refractivity contribution is 0.265. The van der Waals surface area contributed by atoms with Crippen LogP contribution in [0.1, 0.15) is 35.1 Å². The van der Waals surface area contributed by atoms with Crippen molar-refractivity contribution in [2.24, 2.45) is 0 Å². The molecule has 1 fully saturated rings. The van der Waals surface area contributed by atoms with Crippen molar-refractivity contribution in [2.45, 2.75) is 39.7 Å². The van der Waals surface area contributed by atoms with Gasteiger partial charge in [0.05, 0.1) is 29.8 Å². The third-order valence-electron chi connectivity index (χ3n) is 6.52. The van der Waals surface area contributed by atoms with Gasteiger partial charge in [-0.2, -0.15) is 15.2 Å². The molecule has 3 aromatic heterocycles. The number of hydrogen-bond donors (Lipinski definition) is 3. The minimum atomic E-state index is -0.00655. The summed E-state index contributed by atoms with van der Waals surface area (Å²) in [6.45, 7) is 7.17. The molecule has 1 aliphatic heterocycles. The summed E-state index contributed by atoms with van der Waals surface area (Å²) in [7, 11) is 0. The van der Waals surface area contributed by atoms with Gasteiger partial charge >= 0.3 is 0 Å². The Morgan fingerprint density at radius 1 is 1.24 bits per heavy atom. The number of imidazole rings is 1. The van der Waals surface area contributed by atoms with Crippen molar-refractivity contribution < 1.29 is 5.11 Å². The highest BCUT2D eigenvalue weighted by atomic mass is 16.3. The monoisotopic (exact) mass is 442 g/mol. The van der Waals surface area contributed by atoms with Gasteiger partial charge < -0.3 is 24.9 Å². The van der Waals surface area contributed by atoms with E-state index < -0.39 is 0 Å². The number of aliphatic hydroxyl groups excluding tert-OH is 1. The minimum Gasteiger partial charge on any atom is -0.394 e. The maximum absolute atomic E-state index is 9.75. The first-order chi connectivity index (χ1) is 16.0. The summed E-state index contributed by atoms with van der Waals surface area (Å²) in [5, 5.41) is 23.2. The highest BCUT2D eigenvalue weighted by molar-refractivity contribution is 5.94.